The molecule has 0 bridgehead atoms. The Morgan fingerprint density at radius 2 is 2.12 bits per heavy atom. The van der Waals surface area contributed by atoms with Gasteiger partial charge in [0.05, 0.1) is 6.10 Å². The average molecular weight is 293 g/mol. The minimum atomic E-state index is -1.53. The lowest BCUT2D eigenvalue weighted by Gasteiger charge is -2.37. The van der Waals surface area contributed by atoms with Crippen LogP contribution >= 0.6 is 15.9 Å². The Labute approximate surface area is 100 Å². The second-order valence-corrected chi connectivity index (χ2v) is 4.87. The third-order valence-electron chi connectivity index (χ3n) is 2.71. The molecular formula is C11H11BrF2O2. The number of hydrogen-bond donors (Lipinski definition) is 1. The Hall–Kier alpha value is -0.680. The summed E-state index contributed by atoms with van der Waals surface area (Å²) in [6.45, 7) is -1.90. The zero-order valence-corrected chi connectivity index (χ0v) is 10.0. The fourth-order valence-electron chi connectivity index (χ4n) is 1.81. The fourth-order valence-corrected chi connectivity index (χ4v) is 2.15. The van der Waals surface area contributed by atoms with Gasteiger partial charge in [-0.25, -0.2) is 8.78 Å². The van der Waals surface area contributed by atoms with Crippen LogP contribution in [0.1, 0.15) is 18.1 Å². The molecule has 0 fully saturated rings. The standard InChI is InChI=1S/C11H11BrF2O2/c12-7-1-2-8-9(15)4-11(5-13,6-14)16-10(8)3-7/h1-3,9,15H,4-6H2. The van der Waals surface area contributed by atoms with Crippen molar-refractivity contribution >= 4 is 15.9 Å². The van der Waals surface area contributed by atoms with Crippen LogP contribution in [0.2, 0.25) is 0 Å². The molecule has 0 aliphatic carbocycles. The minimum absolute atomic E-state index is 0.0609. The quantitative estimate of drug-likeness (QED) is 0.908. The summed E-state index contributed by atoms with van der Waals surface area (Å²) in [5.74, 6) is 0.337. The number of rotatable bonds is 2. The molecule has 1 aliphatic rings. The van der Waals surface area contributed by atoms with E-state index < -0.39 is 25.1 Å². The molecule has 0 aromatic heterocycles. The maximum absolute atomic E-state index is 12.8. The van der Waals surface area contributed by atoms with Crippen LogP contribution in [0.3, 0.4) is 0 Å². The van der Waals surface area contributed by atoms with Crippen molar-refractivity contribution in [3.05, 3.63) is 28.2 Å². The zero-order chi connectivity index (χ0) is 11.8. The van der Waals surface area contributed by atoms with Gasteiger partial charge in [-0.2, -0.15) is 0 Å². The van der Waals surface area contributed by atoms with Crippen LogP contribution in [0, 0.1) is 0 Å². The van der Waals surface area contributed by atoms with Gasteiger partial charge in [-0.1, -0.05) is 22.0 Å². The highest BCUT2D eigenvalue weighted by Crippen LogP contribution is 2.41. The largest absolute Gasteiger partial charge is 0.481 e. The van der Waals surface area contributed by atoms with Gasteiger partial charge in [0.15, 0.2) is 5.60 Å². The molecule has 1 aromatic rings. The molecule has 16 heavy (non-hydrogen) atoms. The first-order valence-corrected chi connectivity index (χ1v) is 5.68. The number of aliphatic hydroxyl groups is 1. The summed E-state index contributed by atoms with van der Waals surface area (Å²) in [6, 6.07) is 5.05. The Bertz CT molecular complexity index is 394. The smallest absolute Gasteiger partial charge is 0.168 e. The Morgan fingerprint density at radius 3 is 2.75 bits per heavy atom. The van der Waals surface area contributed by atoms with Crippen LogP contribution < -0.4 is 4.74 Å². The highest BCUT2D eigenvalue weighted by Gasteiger charge is 2.41. The second-order valence-electron chi connectivity index (χ2n) is 3.95. The van der Waals surface area contributed by atoms with Crippen LogP contribution in [0.5, 0.6) is 5.75 Å². The van der Waals surface area contributed by atoms with E-state index >= 15 is 0 Å². The normalized spacial score (nSPS) is 22.4. The van der Waals surface area contributed by atoms with Gasteiger partial charge in [0.1, 0.15) is 19.1 Å². The van der Waals surface area contributed by atoms with E-state index in [1.807, 2.05) is 0 Å². The molecule has 0 saturated heterocycles. The molecule has 88 valence electrons. The first-order chi connectivity index (χ1) is 7.60. The predicted octanol–water partition coefficient (Wildman–Crippen LogP) is 2.94. The number of fused-ring (bicyclic) bond motifs is 1. The molecular weight excluding hydrogens is 282 g/mol. The monoisotopic (exact) mass is 292 g/mol. The molecule has 0 spiro atoms. The summed E-state index contributed by atoms with van der Waals surface area (Å²) in [7, 11) is 0. The maximum Gasteiger partial charge on any atom is 0.168 e. The lowest BCUT2D eigenvalue weighted by atomic mass is 9.91. The molecule has 1 atom stereocenters. The van der Waals surface area contributed by atoms with Crippen molar-refractivity contribution in [3.63, 3.8) is 0 Å². The van der Waals surface area contributed by atoms with Crippen molar-refractivity contribution in [2.45, 2.75) is 18.1 Å². The van der Waals surface area contributed by atoms with Crippen LogP contribution in [0.4, 0.5) is 8.78 Å². The van der Waals surface area contributed by atoms with Crippen LogP contribution in [0.25, 0.3) is 0 Å². The van der Waals surface area contributed by atoms with Crippen LogP contribution in [-0.4, -0.2) is 24.1 Å². The van der Waals surface area contributed by atoms with E-state index in [4.69, 9.17) is 4.74 Å². The SMILES string of the molecule is OC1CC(CF)(CF)Oc2cc(Br)ccc21. The minimum Gasteiger partial charge on any atom is -0.481 e. The Kier molecular flexibility index (Phi) is 3.17. The molecule has 2 rings (SSSR count). The van der Waals surface area contributed by atoms with Gasteiger partial charge in [0.25, 0.3) is 0 Å². The number of hydrogen-bond acceptors (Lipinski definition) is 2. The van der Waals surface area contributed by atoms with Gasteiger partial charge in [0.2, 0.25) is 0 Å². The predicted molar refractivity (Wildman–Crippen MR) is 59.0 cm³/mol. The van der Waals surface area contributed by atoms with Gasteiger partial charge >= 0.3 is 0 Å². The van der Waals surface area contributed by atoms with E-state index in [0.717, 1.165) is 4.47 Å². The summed E-state index contributed by atoms with van der Waals surface area (Å²) in [5.41, 5.74) is -0.964. The molecule has 1 N–H and O–H groups in total. The topological polar surface area (TPSA) is 29.5 Å². The highest BCUT2D eigenvalue weighted by molar-refractivity contribution is 9.10. The summed E-state index contributed by atoms with van der Waals surface area (Å²) in [5, 5.41) is 9.82. The maximum atomic E-state index is 12.8. The average Bonchev–Trinajstić information content (AvgIpc) is 2.28. The van der Waals surface area contributed by atoms with Gasteiger partial charge in [-0.05, 0) is 12.1 Å². The third kappa shape index (κ3) is 1.94. The molecule has 1 aliphatic heterocycles. The van der Waals surface area contributed by atoms with E-state index in [1.54, 1.807) is 18.2 Å². The van der Waals surface area contributed by atoms with Crippen LogP contribution in [-0.2, 0) is 0 Å². The van der Waals surface area contributed by atoms with Crippen molar-refractivity contribution in [3.8, 4) is 5.75 Å². The van der Waals surface area contributed by atoms with Gasteiger partial charge in [-0.15, -0.1) is 0 Å². The van der Waals surface area contributed by atoms with Crippen molar-refractivity contribution in [1.29, 1.82) is 0 Å². The molecule has 2 nitrogen and oxygen atoms in total. The lowest BCUT2D eigenvalue weighted by Crippen LogP contribution is -2.45. The summed E-state index contributed by atoms with van der Waals surface area (Å²) in [6.07, 6.45) is -0.947. The van der Waals surface area contributed by atoms with E-state index in [9.17, 15) is 13.9 Å². The van der Waals surface area contributed by atoms with Crippen molar-refractivity contribution in [2.75, 3.05) is 13.3 Å². The lowest BCUT2D eigenvalue weighted by molar-refractivity contribution is -0.0443. The van der Waals surface area contributed by atoms with Crippen molar-refractivity contribution in [1.82, 2.24) is 0 Å². The Morgan fingerprint density at radius 1 is 1.44 bits per heavy atom. The molecule has 1 aromatic carbocycles. The second kappa shape index (κ2) is 4.30. The molecule has 1 heterocycles. The van der Waals surface area contributed by atoms with Gasteiger partial charge in [0, 0.05) is 16.5 Å². The molecule has 0 saturated carbocycles. The molecule has 0 radical (unpaired) electrons. The number of halogens is 3. The molecule has 1 unspecified atom stereocenters. The van der Waals surface area contributed by atoms with Gasteiger partial charge in [-0.3, -0.25) is 0 Å². The van der Waals surface area contributed by atoms with Gasteiger partial charge < -0.3 is 9.84 Å². The number of benzene rings is 1. The summed E-state index contributed by atoms with van der Waals surface area (Å²) in [4.78, 5) is 0. The Balaban J connectivity index is 2.41. The van der Waals surface area contributed by atoms with Crippen molar-refractivity contribution < 1.29 is 18.6 Å². The van der Waals surface area contributed by atoms with Crippen LogP contribution in [0.15, 0.2) is 22.7 Å². The fraction of sp³-hybridized carbons (Fsp3) is 0.455. The first kappa shape index (κ1) is 11.8. The van der Waals surface area contributed by atoms with E-state index in [0.29, 0.717) is 11.3 Å². The number of aliphatic hydroxyl groups excluding tert-OH is 1. The van der Waals surface area contributed by atoms with E-state index in [2.05, 4.69) is 15.9 Å². The summed E-state index contributed by atoms with van der Waals surface area (Å²) < 4.78 is 31.7. The third-order valence-corrected chi connectivity index (χ3v) is 3.21. The number of ether oxygens (including phenoxy) is 1. The zero-order valence-electron chi connectivity index (χ0n) is 8.42. The molecule has 0 amide bonds. The summed E-state index contributed by atoms with van der Waals surface area (Å²) >= 11 is 3.24. The van der Waals surface area contributed by atoms with Crippen molar-refractivity contribution in [2.24, 2.45) is 0 Å². The number of alkyl halides is 2. The highest BCUT2D eigenvalue weighted by atomic mass is 79.9. The van der Waals surface area contributed by atoms with E-state index in [-0.39, 0.29) is 6.42 Å². The first-order valence-electron chi connectivity index (χ1n) is 4.89. The molecule has 5 heteroatoms. The van der Waals surface area contributed by atoms with E-state index in [1.165, 1.54) is 0 Å².